The van der Waals surface area contributed by atoms with Gasteiger partial charge in [0.2, 0.25) is 0 Å². The molecule has 3 aliphatic heterocycles. The Hall–Kier alpha value is -5.40. The number of phenols is 8. The molecule has 0 amide bonds. The van der Waals surface area contributed by atoms with Gasteiger partial charge in [0.05, 0.1) is 12.0 Å². The van der Waals surface area contributed by atoms with Crippen LogP contribution in [-0.4, -0.2) is 63.3 Å². The normalized spacial score (nSPS) is 24.9. The SMILES string of the molecule is Oc1cc(O)c2c(c1)O[C@]1(c3cc(O)c(O)c(O)c3)Oc3cc(O)c4c(c3[C@H]2[C@@H]1O)O[C@H](c1ccc(O)c(O)c1)[C@H](O)C4. The summed E-state index contributed by atoms with van der Waals surface area (Å²) in [5, 5.41) is 105. The molecule has 0 fully saturated rings. The zero-order valence-electron chi connectivity index (χ0n) is 21.8. The fourth-order valence-electron chi connectivity index (χ4n) is 6.16. The number of aromatic hydroxyl groups is 8. The van der Waals surface area contributed by atoms with Crippen molar-refractivity contribution in [2.75, 3.05) is 0 Å². The van der Waals surface area contributed by atoms with Crippen molar-refractivity contribution in [1.82, 2.24) is 0 Å². The lowest BCUT2D eigenvalue weighted by atomic mass is 9.74. The quantitative estimate of drug-likeness (QED) is 0.151. The van der Waals surface area contributed by atoms with Gasteiger partial charge >= 0.3 is 5.79 Å². The molecule has 10 N–H and O–H groups in total. The van der Waals surface area contributed by atoms with Crippen molar-refractivity contribution in [3.63, 3.8) is 0 Å². The Bertz CT molecular complexity index is 1810. The second kappa shape index (κ2) is 8.80. The maximum Gasteiger partial charge on any atom is 0.305 e. The Labute approximate surface area is 241 Å². The van der Waals surface area contributed by atoms with Crippen molar-refractivity contribution in [1.29, 1.82) is 0 Å². The molecule has 13 nitrogen and oxygen atoms in total. The zero-order chi connectivity index (χ0) is 30.5. The molecule has 0 saturated carbocycles. The second-order valence-electron chi connectivity index (χ2n) is 10.7. The zero-order valence-corrected chi connectivity index (χ0v) is 21.8. The van der Waals surface area contributed by atoms with Crippen LogP contribution < -0.4 is 14.2 Å². The summed E-state index contributed by atoms with van der Waals surface area (Å²) in [5.74, 6) is -8.15. The summed E-state index contributed by atoms with van der Waals surface area (Å²) in [4.78, 5) is 0. The van der Waals surface area contributed by atoms with Crippen LogP contribution in [0.3, 0.4) is 0 Å². The van der Waals surface area contributed by atoms with E-state index in [0.717, 1.165) is 24.3 Å². The van der Waals surface area contributed by atoms with Crippen molar-refractivity contribution < 1.29 is 65.3 Å². The fraction of sp³-hybridized carbons (Fsp3) is 0.200. The summed E-state index contributed by atoms with van der Waals surface area (Å²) in [6.07, 6.45) is -4.22. The van der Waals surface area contributed by atoms with E-state index in [1.54, 1.807) is 0 Å². The number of aliphatic hydroxyl groups excluding tert-OH is 2. The molecule has 4 aromatic carbocycles. The van der Waals surface area contributed by atoms with Gasteiger partial charge in [-0.3, -0.25) is 0 Å². The van der Waals surface area contributed by atoms with Crippen molar-refractivity contribution in [3.05, 3.63) is 76.3 Å². The highest BCUT2D eigenvalue weighted by Gasteiger charge is 2.60. The third kappa shape index (κ3) is 3.65. The molecule has 0 radical (unpaired) electrons. The average molecular weight is 593 g/mol. The third-order valence-electron chi connectivity index (χ3n) is 8.12. The van der Waals surface area contributed by atoms with E-state index in [4.69, 9.17) is 14.2 Å². The number of benzene rings is 4. The first-order chi connectivity index (χ1) is 20.4. The topological polar surface area (TPSA) is 230 Å². The maximum absolute atomic E-state index is 11.9. The molecule has 3 heterocycles. The highest BCUT2D eigenvalue weighted by molar-refractivity contribution is 5.68. The molecule has 0 aliphatic carbocycles. The Morgan fingerprint density at radius 3 is 2.00 bits per heavy atom. The van der Waals surface area contributed by atoms with Gasteiger partial charge in [0.25, 0.3) is 0 Å². The van der Waals surface area contributed by atoms with Crippen LogP contribution >= 0.6 is 0 Å². The lowest BCUT2D eigenvalue weighted by molar-refractivity contribution is -0.219. The van der Waals surface area contributed by atoms with Crippen LogP contribution in [0.2, 0.25) is 0 Å². The number of rotatable bonds is 2. The van der Waals surface area contributed by atoms with Gasteiger partial charge in [-0.1, -0.05) is 6.07 Å². The molecule has 5 atom stereocenters. The van der Waals surface area contributed by atoms with Crippen LogP contribution in [0.25, 0.3) is 0 Å². The lowest BCUT2D eigenvalue weighted by Gasteiger charge is -2.50. The van der Waals surface area contributed by atoms with E-state index in [9.17, 15) is 51.1 Å². The smallest absolute Gasteiger partial charge is 0.305 e. The molecule has 0 aromatic heterocycles. The van der Waals surface area contributed by atoms with E-state index in [0.29, 0.717) is 0 Å². The fourth-order valence-corrected chi connectivity index (χ4v) is 6.16. The number of ether oxygens (including phenoxy) is 3. The molecular weight excluding hydrogens is 568 g/mol. The molecule has 7 rings (SSSR count). The maximum atomic E-state index is 11.9. The van der Waals surface area contributed by atoms with E-state index < -0.39 is 64.5 Å². The molecule has 13 heteroatoms. The molecule has 222 valence electrons. The molecule has 3 aliphatic rings. The van der Waals surface area contributed by atoms with Gasteiger partial charge in [-0.05, 0) is 29.8 Å². The van der Waals surface area contributed by atoms with Crippen molar-refractivity contribution in [3.8, 4) is 63.2 Å². The monoisotopic (exact) mass is 592 g/mol. The standard InChI is InChI=1S/C30H24O13/c31-12-6-17(35)23-21(7-12)42-30(11-4-18(36)26(39)19(37)5-11)29(40)25(23)24-22(43-30)9-15(33)13-8-20(38)27(41-28(13)24)10-1-2-14(32)16(34)3-10/h1-7,9,20,25,27,29,31-40H,8H2/t20-,25+,27-,29+,30-/m1/s1. The second-order valence-corrected chi connectivity index (χ2v) is 10.7. The number of hydrogen-bond donors (Lipinski definition) is 10. The Kier molecular flexibility index (Phi) is 5.42. The molecule has 0 saturated heterocycles. The van der Waals surface area contributed by atoms with Gasteiger partial charge in [0.1, 0.15) is 46.7 Å². The highest BCUT2D eigenvalue weighted by atomic mass is 16.7. The summed E-state index contributed by atoms with van der Waals surface area (Å²) in [6.45, 7) is 0. The molecule has 0 spiro atoms. The van der Waals surface area contributed by atoms with Gasteiger partial charge in [0, 0.05) is 46.9 Å². The number of phenolic OH excluding ortho intramolecular Hbond substituents is 8. The van der Waals surface area contributed by atoms with Crippen molar-refractivity contribution >= 4 is 0 Å². The Morgan fingerprint density at radius 1 is 0.651 bits per heavy atom. The first-order valence-corrected chi connectivity index (χ1v) is 13.0. The minimum atomic E-state index is -2.26. The highest BCUT2D eigenvalue weighted by Crippen LogP contribution is 2.62. The van der Waals surface area contributed by atoms with Gasteiger partial charge in [-0.2, -0.15) is 0 Å². The van der Waals surface area contributed by atoms with E-state index in [2.05, 4.69) is 0 Å². The van der Waals surface area contributed by atoms with Gasteiger partial charge in [-0.25, -0.2) is 0 Å². The average Bonchev–Trinajstić information content (AvgIpc) is 2.93. The molecule has 2 bridgehead atoms. The lowest BCUT2D eigenvalue weighted by Crippen LogP contribution is -2.57. The van der Waals surface area contributed by atoms with Crippen molar-refractivity contribution in [2.24, 2.45) is 0 Å². The predicted octanol–water partition coefficient (Wildman–Crippen LogP) is 2.50. The summed E-state index contributed by atoms with van der Waals surface area (Å²) >= 11 is 0. The van der Waals surface area contributed by atoms with Crippen LogP contribution in [0.1, 0.15) is 39.8 Å². The summed E-state index contributed by atoms with van der Waals surface area (Å²) in [7, 11) is 0. The largest absolute Gasteiger partial charge is 0.508 e. The van der Waals surface area contributed by atoms with Crippen molar-refractivity contribution in [2.45, 2.75) is 36.4 Å². The molecule has 43 heavy (non-hydrogen) atoms. The first-order valence-electron chi connectivity index (χ1n) is 13.0. The molecule has 0 unspecified atom stereocenters. The summed E-state index contributed by atoms with van der Waals surface area (Å²) in [6, 6.07) is 9.25. The van der Waals surface area contributed by atoms with E-state index >= 15 is 0 Å². The summed E-state index contributed by atoms with van der Waals surface area (Å²) in [5.41, 5.74) is 0.419. The van der Waals surface area contributed by atoms with Crippen LogP contribution in [0.15, 0.2) is 48.5 Å². The van der Waals surface area contributed by atoms with Gasteiger partial charge in [-0.15, -0.1) is 0 Å². The van der Waals surface area contributed by atoms with Crippen LogP contribution in [0, 0.1) is 0 Å². The minimum Gasteiger partial charge on any atom is -0.508 e. The minimum absolute atomic E-state index is 0.00718. The molecule has 4 aromatic rings. The Morgan fingerprint density at radius 2 is 1.33 bits per heavy atom. The molecular formula is C30H24O13. The van der Waals surface area contributed by atoms with E-state index in [1.165, 1.54) is 24.3 Å². The van der Waals surface area contributed by atoms with Crippen LogP contribution in [0.4, 0.5) is 0 Å². The van der Waals surface area contributed by atoms with Gasteiger partial charge < -0.3 is 65.3 Å². The summed E-state index contributed by atoms with van der Waals surface area (Å²) < 4.78 is 18.5. The predicted molar refractivity (Wildman–Crippen MR) is 143 cm³/mol. The first kappa shape index (κ1) is 26.5. The van der Waals surface area contributed by atoms with E-state index in [-0.39, 0.29) is 63.0 Å². The third-order valence-corrected chi connectivity index (χ3v) is 8.12. The van der Waals surface area contributed by atoms with Crippen LogP contribution in [0.5, 0.6) is 63.2 Å². The Balaban J connectivity index is 1.48. The van der Waals surface area contributed by atoms with E-state index in [1.807, 2.05) is 0 Å². The number of aliphatic hydroxyl groups is 2. The van der Waals surface area contributed by atoms with Crippen LogP contribution in [-0.2, 0) is 12.2 Å². The van der Waals surface area contributed by atoms with Gasteiger partial charge in [0.15, 0.2) is 28.7 Å². The number of fused-ring (bicyclic) bond motifs is 8. The number of hydrogen-bond acceptors (Lipinski definition) is 13.